The van der Waals surface area contributed by atoms with Crippen LogP contribution in [0.15, 0.2) is 72.8 Å². The normalized spacial score (nSPS) is 16.0. The van der Waals surface area contributed by atoms with Gasteiger partial charge in [0.25, 0.3) is 0 Å². The summed E-state index contributed by atoms with van der Waals surface area (Å²) in [5, 5.41) is 12.3. The molecule has 31 heavy (non-hydrogen) atoms. The van der Waals surface area contributed by atoms with Gasteiger partial charge in [0.15, 0.2) is 28.8 Å². The van der Waals surface area contributed by atoms with Gasteiger partial charge in [0.2, 0.25) is 6.79 Å². The Balaban J connectivity index is 1.60. The molecule has 2 aliphatic rings. The van der Waals surface area contributed by atoms with Crippen molar-refractivity contribution in [2.45, 2.75) is 12.3 Å². The highest BCUT2D eigenvalue weighted by Crippen LogP contribution is 2.67. The lowest BCUT2D eigenvalue weighted by Crippen LogP contribution is -2.43. The molecule has 0 aromatic heterocycles. The van der Waals surface area contributed by atoms with Crippen molar-refractivity contribution in [2.75, 3.05) is 6.79 Å². The highest BCUT2D eigenvalue weighted by atomic mass is 31.2. The van der Waals surface area contributed by atoms with Crippen molar-refractivity contribution < 1.29 is 33.0 Å². The Kier molecular flexibility index (Phi) is 4.71. The summed E-state index contributed by atoms with van der Waals surface area (Å²) in [6, 6.07) is 20.5. The summed E-state index contributed by atoms with van der Waals surface area (Å²) >= 11 is 0. The first kappa shape index (κ1) is 19.3. The predicted octanol–water partition coefficient (Wildman–Crippen LogP) is 3.92. The number of rotatable bonds is 5. The Morgan fingerprint density at radius 2 is 1.55 bits per heavy atom. The van der Waals surface area contributed by atoms with E-state index in [1.54, 1.807) is 66.7 Å². The number of hydrogen-bond acceptors (Lipinski definition) is 7. The number of nitrogens with zero attached hydrogens (tertiary/aromatic N) is 1. The number of hydrogen-bond donors (Lipinski definition) is 0. The van der Waals surface area contributed by atoms with E-state index in [0.29, 0.717) is 22.6 Å². The highest BCUT2D eigenvalue weighted by molar-refractivity contribution is 7.55. The molecule has 0 N–H and O–H groups in total. The van der Waals surface area contributed by atoms with Crippen LogP contribution >= 0.6 is 7.60 Å². The van der Waals surface area contributed by atoms with Crippen LogP contribution in [0.2, 0.25) is 0 Å². The van der Waals surface area contributed by atoms with E-state index in [0.717, 1.165) is 4.90 Å². The molecule has 0 saturated carbocycles. The zero-order valence-corrected chi connectivity index (χ0v) is 17.1. The molecule has 9 heteroatoms. The van der Waals surface area contributed by atoms with E-state index in [4.69, 9.17) is 18.5 Å². The molecule has 8 nitrogen and oxygen atoms in total. The maximum absolute atomic E-state index is 14.0. The Morgan fingerprint density at radius 1 is 0.903 bits per heavy atom. The largest absolute Gasteiger partial charge is 0.530 e. The van der Waals surface area contributed by atoms with Gasteiger partial charge in [-0.1, -0.05) is 48.5 Å². The minimum atomic E-state index is -4.05. The third kappa shape index (κ3) is 3.55. The molecule has 0 radical (unpaired) electrons. The lowest BCUT2D eigenvalue weighted by atomic mass is 10.1. The summed E-state index contributed by atoms with van der Waals surface area (Å²) in [6.07, 6.45) is -1.51. The number of carbonyl (C=O) groups excluding carboxylic acids is 1. The van der Waals surface area contributed by atoms with E-state index < -0.39 is 19.5 Å². The second-order valence-electron chi connectivity index (χ2n) is 7.03. The first-order valence-electron chi connectivity index (χ1n) is 9.52. The van der Waals surface area contributed by atoms with E-state index in [1.807, 2.05) is 6.07 Å². The number of fused-ring (bicyclic) bond motifs is 2. The summed E-state index contributed by atoms with van der Waals surface area (Å²) in [4.78, 5) is 13.2. The van der Waals surface area contributed by atoms with Crippen LogP contribution < -0.4 is 23.6 Å². The minimum absolute atomic E-state index is 0.0494. The fourth-order valence-electron chi connectivity index (χ4n) is 3.63. The Hall–Kier alpha value is -3.64. The van der Waals surface area contributed by atoms with Crippen molar-refractivity contribution >= 4 is 13.7 Å². The average molecular weight is 438 g/mol. The monoisotopic (exact) mass is 438 g/mol. The maximum atomic E-state index is 14.0. The Labute approximate surface area is 178 Å². The fourth-order valence-corrected chi connectivity index (χ4v) is 5.76. The van der Waals surface area contributed by atoms with E-state index in [1.165, 1.54) is 0 Å². The molecule has 0 spiro atoms. The average Bonchev–Trinajstić information content (AvgIpc) is 3.37. The first-order valence-corrected chi connectivity index (χ1v) is 11.1. The first-order chi connectivity index (χ1) is 15.0. The third-order valence-corrected chi connectivity index (χ3v) is 7.10. The molecule has 0 bridgehead atoms. The topological polar surface area (TPSA) is 97.4 Å². The zero-order valence-electron chi connectivity index (χ0n) is 16.2. The number of carboxylic acid groups (broad SMARTS) is 1. The fraction of sp³-hybridized carbons (Fsp3) is 0.136. The predicted molar refractivity (Wildman–Crippen MR) is 108 cm³/mol. The lowest BCUT2D eigenvalue weighted by Gasteiger charge is -2.35. The summed E-state index contributed by atoms with van der Waals surface area (Å²) in [7, 11) is -4.05. The molecule has 5 rings (SSSR count). The van der Waals surface area contributed by atoms with Crippen molar-refractivity contribution in [1.82, 2.24) is 4.90 Å². The molecule has 0 fully saturated rings. The molecule has 3 aromatic rings. The Morgan fingerprint density at radius 3 is 2.23 bits per heavy atom. The number of benzene rings is 3. The van der Waals surface area contributed by atoms with Crippen LogP contribution in [-0.4, -0.2) is 17.8 Å². The SMILES string of the molecule is O=C([O-])N(Cc1ccccc1)C(c1ccc2c(c1)OCO2)P1(=O)Oc2ccccc2O1. The lowest BCUT2D eigenvalue weighted by molar-refractivity contribution is -0.267. The molecule has 2 heterocycles. The Bertz CT molecular complexity index is 1150. The second kappa shape index (κ2) is 7.56. The maximum Gasteiger partial charge on any atom is 0.457 e. The van der Waals surface area contributed by atoms with Crippen LogP contribution in [0.4, 0.5) is 4.79 Å². The van der Waals surface area contributed by atoms with Gasteiger partial charge in [-0.05, 0) is 35.4 Å². The number of ether oxygens (including phenoxy) is 2. The standard InChI is InChI=1S/C22H18NO7P/c24-22(25)23(13-15-6-2-1-3-7-15)21(16-10-11-17-20(12-16)28-14-27-17)31(26)29-18-8-4-5-9-19(18)30-31/h1-12,21H,13-14H2,(H,24,25)/p-1. The van der Waals surface area contributed by atoms with Gasteiger partial charge in [-0.2, -0.15) is 0 Å². The number of amides is 1. The highest BCUT2D eigenvalue weighted by Gasteiger charge is 2.49. The quantitative estimate of drug-likeness (QED) is 0.557. The van der Waals surface area contributed by atoms with E-state index in [9.17, 15) is 14.5 Å². The van der Waals surface area contributed by atoms with Gasteiger partial charge in [-0.3, -0.25) is 0 Å². The molecule has 0 saturated heterocycles. The molecule has 1 atom stereocenters. The van der Waals surface area contributed by atoms with Crippen LogP contribution in [0, 0.1) is 0 Å². The minimum Gasteiger partial charge on any atom is -0.530 e. The van der Waals surface area contributed by atoms with Gasteiger partial charge < -0.3 is 33.3 Å². The molecule has 2 aliphatic heterocycles. The van der Waals surface area contributed by atoms with E-state index >= 15 is 0 Å². The third-order valence-electron chi connectivity index (χ3n) is 5.02. The number of para-hydroxylation sites is 2. The smallest absolute Gasteiger partial charge is 0.457 e. The molecule has 1 unspecified atom stereocenters. The van der Waals surface area contributed by atoms with Gasteiger partial charge in [-0.25, -0.2) is 4.57 Å². The van der Waals surface area contributed by atoms with Gasteiger partial charge in [0.05, 0.1) is 0 Å². The summed E-state index contributed by atoms with van der Waals surface area (Å²) in [5.41, 5.74) is 1.07. The summed E-state index contributed by atoms with van der Waals surface area (Å²) < 4.78 is 36.2. The molecule has 0 aliphatic carbocycles. The van der Waals surface area contributed by atoms with Gasteiger partial charge in [-0.15, -0.1) is 0 Å². The molecule has 158 valence electrons. The molecule has 1 amide bonds. The van der Waals surface area contributed by atoms with Crippen molar-refractivity contribution in [3.05, 3.63) is 83.9 Å². The summed E-state index contributed by atoms with van der Waals surface area (Å²) in [5.74, 6) is 0.216. The van der Waals surface area contributed by atoms with Crippen LogP contribution in [-0.2, 0) is 11.1 Å². The molecular formula is C22H17NO7P-. The van der Waals surface area contributed by atoms with Crippen LogP contribution in [0.25, 0.3) is 0 Å². The van der Waals surface area contributed by atoms with E-state index in [2.05, 4.69) is 0 Å². The van der Waals surface area contributed by atoms with Crippen LogP contribution in [0.1, 0.15) is 16.9 Å². The van der Waals surface area contributed by atoms with Gasteiger partial charge in [0.1, 0.15) is 6.09 Å². The van der Waals surface area contributed by atoms with Crippen LogP contribution in [0.3, 0.4) is 0 Å². The van der Waals surface area contributed by atoms with Gasteiger partial charge >= 0.3 is 7.60 Å². The van der Waals surface area contributed by atoms with Crippen molar-refractivity contribution in [3.63, 3.8) is 0 Å². The van der Waals surface area contributed by atoms with Crippen molar-refractivity contribution in [1.29, 1.82) is 0 Å². The van der Waals surface area contributed by atoms with E-state index in [-0.39, 0.29) is 24.8 Å². The molecule has 3 aromatic carbocycles. The van der Waals surface area contributed by atoms with Gasteiger partial charge in [0, 0.05) is 6.54 Å². The van der Waals surface area contributed by atoms with Crippen molar-refractivity contribution in [3.8, 4) is 23.0 Å². The van der Waals surface area contributed by atoms with Crippen LogP contribution in [0.5, 0.6) is 23.0 Å². The van der Waals surface area contributed by atoms with Crippen molar-refractivity contribution in [2.24, 2.45) is 0 Å². The molecular weight excluding hydrogens is 421 g/mol. The zero-order chi connectivity index (χ0) is 21.4. The second-order valence-corrected chi connectivity index (χ2v) is 8.97. The summed E-state index contributed by atoms with van der Waals surface area (Å²) in [6.45, 7) is -0.0247. The number of carbonyl (C=O) groups is 1.